The van der Waals surface area contributed by atoms with Gasteiger partial charge in [0.05, 0.1) is 12.0 Å². The van der Waals surface area contributed by atoms with Crippen LogP contribution in [-0.4, -0.2) is 40.6 Å². The quantitative estimate of drug-likeness (QED) is 0.838. The highest BCUT2D eigenvalue weighted by Gasteiger charge is 2.35. The molecule has 96 valence electrons. The van der Waals surface area contributed by atoms with Crippen molar-refractivity contribution in [3.05, 3.63) is 18.2 Å². The summed E-state index contributed by atoms with van der Waals surface area (Å²) in [6, 6.07) is 0. The van der Waals surface area contributed by atoms with Crippen LogP contribution >= 0.6 is 0 Å². The van der Waals surface area contributed by atoms with Crippen molar-refractivity contribution in [3.63, 3.8) is 0 Å². The third-order valence-electron chi connectivity index (χ3n) is 4.16. The Morgan fingerprint density at radius 1 is 1.41 bits per heavy atom. The lowest BCUT2D eigenvalue weighted by atomic mass is 9.96. The van der Waals surface area contributed by atoms with Crippen molar-refractivity contribution in [2.45, 2.75) is 37.8 Å². The Hall–Kier alpha value is -0.870. The van der Waals surface area contributed by atoms with Gasteiger partial charge in [-0.15, -0.1) is 0 Å². The van der Waals surface area contributed by atoms with E-state index in [-0.39, 0.29) is 0 Å². The normalized spacial score (nSPS) is 19.1. The topological polar surface area (TPSA) is 33.1 Å². The minimum Gasteiger partial charge on any atom is -0.337 e. The highest BCUT2D eigenvalue weighted by molar-refractivity contribution is 4.99. The summed E-state index contributed by atoms with van der Waals surface area (Å²) in [6.45, 7) is 1.98. The van der Waals surface area contributed by atoms with Crippen LogP contribution in [0, 0.1) is 0 Å². The largest absolute Gasteiger partial charge is 0.337 e. The molecule has 1 aromatic rings. The summed E-state index contributed by atoms with van der Waals surface area (Å²) in [5.74, 6) is 0. The standard InChI is InChI=1S/C13H24N4/c1-16(2)13(6-4-5-7-13)10-14-8-12-9-15-11-17(12)3/h9,11,14H,4-8,10H2,1-3H3. The zero-order valence-electron chi connectivity index (χ0n) is 11.2. The Morgan fingerprint density at radius 2 is 2.12 bits per heavy atom. The number of likely N-dealkylation sites (N-methyl/N-ethyl adjacent to an activating group) is 1. The lowest BCUT2D eigenvalue weighted by Gasteiger charge is -2.36. The van der Waals surface area contributed by atoms with Crippen molar-refractivity contribution < 1.29 is 0 Å². The molecule has 1 N–H and O–H groups in total. The molecule has 4 nitrogen and oxygen atoms in total. The molecule has 1 aliphatic carbocycles. The van der Waals surface area contributed by atoms with Crippen molar-refractivity contribution in [3.8, 4) is 0 Å². The van der Waals surface area contributed by atoms with Crippen LogP contribution in [0.25, 0.3) is 0 Å². The van der Waals surface area contributed by atoms with Gasteiger partial charge in [0.2, 0.25) is 0 Å². The molecule has 0 spiro atoms. The van der Waals surface area contributed by atoms with Crippen LogP contribution in [0.3, 0.4) is 0 Å². The summed E-state index contributed by atoms with van der Waals surface area (Å²) >= 11 is 0. The number of aromatic nitrogens is 2. The minimum absolute atomic E-state index is 0.374. The fraction of sp³-hybridized carbons (Fsp3) is 0.769. The lowest BCUT2D eigenvalue weighted by Crippen LogP contribution is -2.49. The second kappa shape index (κ2) is 5.19. The molecule has 0 bridgehead atoms. The van der Waals surface area contributed by atoms with Crippen molar-refractivity contribution in [2.24, 2.45) is 7.05 Å². The molecule has 1 heterocycles. The van der Waals surface area contributed by atoms with Crippen molar-refractivity contribution in [1.29, 1.82) is 0 Å². The van der Waals surface area contributed by atoms with E-state index in [2.05, 4.69) is 33.9 Å². The van der Waals surface area contributed by atoms with Crippen molar-refractivity contribution in [1.82, 2.24) is 19.8 Å². The Bertz CT molecular complexity index is 350. The van der Waals surface area contributed by atoms with Gasteiger partial charge in [-0.25, -0.2) is 4.98 Å². The van der Waals surface area contributed by atoms with E-state index in [1.54, 1.807) is 0 Å². The summed E-state index contributed by atoms with van der Waals surface area (Å²) in [4.78, 5) is 6.54. The number of nitrogens with zero attached hydrogens (tertiary/aromatic N) is 3. The van der Waals surface area contributed by atoms with Crippen LogP contribution in [0.2, 0.25) is 0 Å². The maximum Gasteiger partial charge on any atom is 0.0945 e. The zero-order valence-corrected chi connectivity index (χ0v) is 11.2. The first-order chi connectivity index (χ1) is 8.14. The first-order valence-corrected chi connectivity index (χ1v) is 6.47. The molecule has 0 amide bonds. The maximum atomic E-state index is 4.14. The van der Waals surface area contributed by atoms with E-state index in [1.165, 1.54) is 31.4 Å². The number of imidazole rings is 1. The van der Waals surface area contributed by atoms with Crippen LogP contribution < -0.4 is 5.32 Å². The SMILES string of the molecule is CN(C)C1(CNCc2cncn2C)CCCC1. The van der Waals surface area contributed by atoms with E-state index in [9.17, 15) is 0 Å². The number of aryl methyl sites for hydroxylation is 1. The first kappa shape index (κ1) is 12.6. The summed E-state index contributed by atoms with van der Waals surface area (Å²) < 4.78 is 2.07. The van der Waals surface area contributed by atoms with Crippen LogP contribution in [0.1, 0.15) is 31.4 Å². The molecule has 1 aromatic heterocycles. The third kappa shape index (κ3) is 2.69. The highest BCUT2D eigenvalue weighted by atomic mass is 15.2. The van der Waals surface area contributed by atoms with Crippen LogP contribution in [0.4, 0.5) is 0 Å². The van der Waals surface area contributed by atoms with Gasteiger partial charge in [0.15, 0.2) is 0 Å². The smallest absolute Gasteiger partial charge is 0.0945 e. The zero-order chi connectivity index (χ0) is 12.3. The summed E-state index contributed by atoms with van der Waals surface area (Å²) in [6.07, 6.45) is 9.16. The molecule has 0 unspecified atom stereocenters. The fourth-order valence-electron chi connectivity index (χ4n) is 2.79. The average Bonchev–Trinajstić information content (AvgIpc) is 2.90. The maximum absolute atomic E-state index is 4.14. The molecule has 1 fully saturated rings. The van der Waals surface area contributed by atoms with Gasteiger partial charge in [-0.1, -0.05) is 12.8 Å². The predicted molar refractivity (Wildman–Crippen MR) is 69.8 cm³/mol. The first-order valence-electron chi connectivity index (χ1n) is 6.47. The van der Waals surface area contributed by atoms with Gasteiger partial charge in [-0.2, -0.15) is 0 Å². The third-order valence-corrected chi connectivity index (χ3v) is 4.16. The molecule has 2 rings (SSSR count). The number of hydrogen-bond donors (Lipinski definition) is 1. The van der Waals surface area contributed by atoms with Gasteiger partial charge in [-0.05, 0) is 26.9 Å². The van der Waals surface area contributed by atoms with Crippen LogP contribution in [0.15, 0.2) is 12.5 Å². The molecule has 1 saturated carbocycles. The number of nitrogens with one attached hydrogen (secondary N) is 1. The van der Waals surface area contributed by atoms with E-state index < -0.39 is 0 Å². The van der Waals surface area contributed by atoms with E-state index in [1.807, 2.05) is 19.6 Å². The highest BCUT2D eigenvalue weighted by Crippen LogP contribution is 2.33. The Kier molecular flexibility index (Phi) is 3.84. The van der Waals surface area contributed by atoms with Crippen LogP contribution in [0.5, 0.6) is 0 Å². The van der Waals surface area contributed by atoms with E-state index >= 15 is 0 Å². The fourth-order valence-corrected chi connectivity index (χ4v) is 2.79. The summed E-state index contributed by atoms with van der Waals surface area (Å²) in [7, 11) is 6.45. The van der Waals surface area contributed by atoms with E-state index in [0.717, 1.165) is 13.1 Å². The van der Waals surface area contributed by atoms with E-state index in [4.69, 9.17) is 0 Å². The van der Waals surface area contributed by atoms with E-state index in [0.29, 0.717) is 5.54 Å². The second-order valence-electron chi connectivity index (χ2n) is 5.43. The van der Waals surface area contributed by atoms with Gasteiger partial charge in [-0.3, -0.25) is 0 Å². The molecule has 0 atom stereocenters. The summed E-state index contributed by atoms with van der Waals surface area (Å²) in [5, 5.41) is 3.59. The van der Waals surface area contributed by atoms with Gasteiger partial charge in [0.1, 0.15) is 0 Å². The van der Waals surface area contributed by atoms with Gasteiger partial charge < -0.3 is 14.8 Å². The molecule has 0 radical (unpaired) electrons. The molecule has 0 aliphatic heterocycles. The molecule has 1 aliphatic rings. The predicted octanol–water partition coefficient (Wildman–Crippen LogP) is 1.38. The molecule has 0 saturated heterocycles. The van der Waals surface area contributed by atoms with Gasteiger partial charge in [0.25, 0.3) is 0 Å². The molecular weight excluding hydrogens is 212 g/mol. The molecule has 4 heteroatoms. The number of hydrogen-bond acceptors (Lipinski definition) is 3. The average molecular weight is 236 g/mol. The molecule has 0 aromatic carbocycles. The Morgan fingerprint density at radius 3 is 2.65 bits per heavy atom. The molecular formula is C13H24N4. The molecule has 17 heavy (non-hydrogen) atoms. The number of rotatable bonds is 5. The Labute approximate surface area is 104 Å². The minimum atomic E-state index is 0.374. The Balaban J connectivity index is 1.86. The summed E-state index contributed by atoms with van der Waals surface area (Å²) in [5.41, 5.74) is 1.62. The van der Waals surface area contributed by atoms with Gasteiger partial charge >= 0.3 is 0 Å². The van der Waals surface area contributed by atoms with Crippen molar-refractivity contribution >= 4 is 0 Å². The van der Waals surface area contributed by atoms with Crippen molar-refractivity contribution in [2.75, 3.05) is 20.6 Å². The second-order valence-corrected chi connectivity index (χ2v) is 5.43. The van der Waals surface area contributed by atoms with Gasteiger partial charge in [0, 0.05) is 31.9 Å². The monoisotopic (exact) mass is 236 g/mol. The van der Waals surface area contributed by atoms with Crippen LogP contribution in [-0.2, 0) is 13.6 Å². The lowest BCUT2D eigenvalue weighted by molar-refractivity contribution is 0.153.